The minimum absolute atomic E-state index is 0.224. The first-order valence-electron chi connectivity index (χ1n) is 6.67. The molecule has 4 heteroatoms. The molecular weight excluding hydrogens is 242 g/mol. The molecule has 1 aromatic rings. The van der Waals surface area contributed by atoms with Crippen LogP contribution in [-0.4, -0.2) is 17.9 Å². The topological polar surface area (TPSA) is 69.2 Å². The molecule has 1 aromatic carbocycles. The predicted octanol–water partition coefficient (Wildman–Crippen LogP) is 1.04. The summed E-state index contributed by atoms with van der Waals surface area (Å²) in [6.45, 7) is 2.05. The van der Waals surface area contributed by atoms with E-state index in [1.165, 1.54) is 0 Å². The van der Waals surface area contributed by atoms with Gasteiger partial charge in [0.15, 0.2) is 0 Å². The molecule has 1 unspecified atom stereocenters. The normalized spacial score (nSPS) is 11.8. The summed E-state index contributed by atoms with van der Waals surface area (Å²) in [4.78, 5) is 22.7. The highest BCUT2D eigenvalue weighted by Crippen LogP contribution is 2.04. The molecule has 1 N–H and O–H groups in total. The molecule has 4 nitrogen and oxygen atoms in total. The Kier molecular flexibility index (Phi) is 6.64. The maximum atomic E-state index is 11.6. The van der Waals surface area contributed by atoms with Crippen LogP contribution in [0.4, 0.5) is 0 Å². The van der Waals surface area contributed by atoms with Gasteiger partial charge in [-0.05, 0) is 18.4 Å². The monoisotopic (exact) mass is 262 g/mol. The molecule has 0 saturated heterocycles. The summed E-state index contributed by atoms with van der Waals surface area (Å²) in [7, 11) is 0. The number of carbonyl (C=O) groups excluding carboxylic acids is 2. The van der Waals surface area contributed by atoms with Crippen LogP contribution in [0.2, 0.25) is 0 Å². The Morgan fingerprint density at radius 2 is 1.89 bits per heavy atom. The largest absolute Gasteiger partial charge is 0.548 e. The Morgan fingerprint density at radius 1 is 1.21 bits per heavy atom. The zero-order chi connectivity index (χ0) is 14.1. The van der Waals surface area contributed by atoms with E-state index in [0.29, 0.717) is 6.42 Å². The summed E-state index contributed by atoms with van der Waals surface area (Å²) in [6.07, 6.45) is 3.41. The molecule has 0 saturated carbocycles. The summed E-state index contributed by atoms with van der Waals surface area (Å²) in [5.41, 5.74) is 0.866. The van der Waals surface area contributed by atoms with Crippen molar-refractivity contribution in [2.45, 2.75) is 45.1 Å². The molecule has 0 aromatic heterocycles. The van der Waals surface area contributed by atoms with Crippen LogP contribution in [0.3, 0.4) is 0 Å². The van der Waals surface area contributed by atoms with Crippen LogP contribution in [-0.2, 0) is 16.0 Å². The van der Waals surface area contributed by atoms with Crippen molar-refractivity contribution in [3.05, 3.63) is 35.9 Å². The zero-order valence-electron chi connectivity index (χ0n) is 11.2. The van der Waals surface area contributed by atoms with Gasteiger partial charge in [0.25, 0.3) is 0 Å². The molecule has 0 aliphatic rings. The van der Waals surface area contributed by atoms with Crippen molar-refractivity contribution < 1.29 is 14.7 Å². The molecule has 0 fully saturated rings. The van der Waals surface area contributed by atoms with Crippen LogP contribution in [0.1, 0.15) is 38.2 Å². The van der Waals surface area contributed by atoms with Gasteiger partial charge < -0.3 is 15.2 Å². The highest BCUT2D eigenvalue weighted by atomic mass is 16.4. The van der Waals surface area contributed by atoms with Crippen LogP contribution in [0, 0.1) is 0 Å². The van der Waals surface area contributed by atoms with E-state index in [2.05, 4.69) is 12.2 Å². The van der Waals surface area contributed by atoms with E-state index < -0.39 is 12.0 Å². The van der Waals surface area contributed by atoms with Crippen LogP contribution < -0.4 is 10.4 Å². The molecule has 0 spiro atoms. The summed E-state index contributed by atoms with van der Waals surface area (Å²) < 4.78 is 0. The highest BCUT2D eigenvalue weighted by Gasteiger charge is 2.13. The number of hydrogen-bond donors (Lipinski definition) is 1. The van der Waals surface area contributed by atoms with Crippen LogP contribution in [0.15, 0.2) is 30.3 Å². The molecule has 0 radical (unpaired) electrons. The van der Waals surface area contributed by atoms with Crippen molar-refractivity contribution in [3.63, 3.8) is 0 Å². The number of benzene rings is 1. The predicted molar refractivity (Wildman–Crippen MR) is 71.2 cm³/mol. The zero-order valence-corrected chi connectivity index (χ0v) is 11.2. The first-order valence-corrected chi connectivity index (χ1v) is 6.67. The Labute approximate surface area is 113 Å². The van der Waals surface area contributed by atoms with E-state index in [9.17, 15) is 14.7 Å². The third-order valence-electron chi connectivity index (χ3n) is 2.91. The molecule has 1 rings (SSSR count). The maximum absolute atomic E-state index is 11.6. The van der Waals surface area contributed by atoms with E-state index >= 15 is 0 Å². The van der Waals surface area contributed by atoms with Gasteiger partial charge in [-0.25, -0.2) is 0 Å². The summed E-state index contributed by atoms with van der Waals surface area (Å²) in [5.74, 6) is -1.47. The average Bonchev–Trinajstić information content (AvgIpc) is 2.39. The number of aliphatic carboxylic acids is 1. The standard InChI is InChI=1S/C15H21NO3/c1-2-3-5-10-14(17)16-13(15(18)19)11-12-8-6-4-7-9-12/h4,6-9,13H,2-3,5,10-11H2,1H3,(H,16,17)(H,18,19)/p-1. The van der Waals surface area contributed by atoms with Crippen molar-refractivity contribution in [1.82, 2.24) is 5.32 Å². The van der Waals surface area contributed by atoms with Gasteiger partial charge in [-0.15, -0.1) is 0 Å². The molecule has 0 bridgehead atoms. The molecule has 0 heterocycles. The molecule has 19 heavy (non-hydrogen) atoms. The number of carbonyl (C=O) groups is 2. The van der Waals surface area contributed by atoms with Crippen LogP contribution in [0.5, 0.6) is 0 Å². The molecule has 104 valence electrons. The van der Waals surface area contributed by atoms with Crippen LogP contribution in [0.25, 0.3) is 0 Å². The van der Waals surface area contributed by atoms with Crippen LogP contribution >= 0.6 is 0 Å². The van der Waals surface area contributed by atoms with Gasteiger partial charge >= 0.3 is 0 Å². The van der Waals surface area contributed by atoms with Gasteiger partial charge in [0.05, 0.1) is 12.0 Å². The van der Waals surface area contributed by atoms with Gasteiger partial charge in [0.1, 0.15) is 0 Å². The van der Waals surface area contributed by atoms with Gasteiger partial charge in [0.2, 0.25) is 5.91 Å². The minimum Gasteiger partial charge on any atom is -0.548 e. The number of amides is 1. The lowest BCUT2D eigenvalue weighted by atomic mass is 10.1. The lowest BCUT2D eigenvalue weighted by molar-refractivity contribution is -0.308. The second-order valence-electron chi connectivity index (χ2n) is 4.59. The van der Waals surface area contributed by atoms with E-state index in [1.54, 1.807) is 0 Å². The third-order valence-corrected chi connectivity index (χ3v) is 2.91. The smallest absolute Gasteiger partial charge is 0.220 e. The fourth-order valence-electron chi connectivity index (χ4n) is 1.85. The van der Waals surface area contributed by atoms with Crippen molar-refractivity contribution in [2.75, 3.05) is 0 Å². The quantitative estimate of drug-likeness (QED) is 0.712. The van der Waals surface area contributed by atoms with Crippen molar-refractivity contribution in [1.29, 1.82) is 0 Å². The maximum Gasteiger partial charge on any atom is 0.220 e. The summed E-state index contributed by atoms with van der Waals surface area (Å²) >= 11 is 0. The van der Waals surface area contributed by atoms with Crippen molar-refractivity contribution >= 4 is 11.9 Å². The number of nitrogens with one attached hydrogen (secondary N) is 1. The first kappa shape index (κ1) is 15.2. The molecule has 1 amide bonds. The fourth-order valence-corrected chi connectivity index (χ4v) is 1.85. The number of rotatable bonds is 8. The van der Waals surface area contributed by atoms with Gasteiger partial charge in [-0.3, -0.25) is 4.79 Å². The molecule has 0 aliphatic heterocycles. The lowest BCUT2D eigenvalue weighted by Gasteiger charge is -2.19. The van der Waals surface area contributed by atoms with Gasteiger partial charge in [0, 0.05) is 6.42 Å². The molecular formula is C15H20NO3-. The van der Waals surface area contributed by atoms with E-state index in [1.807, 2.05) is 30.3 Å². The number of hydrogen-bond acceptors (Lipinski definition) is 3. The highest BCUT2D eigenvalue weighted by molar-refractivity contribution is 5.82. The SMILES string of the molecule is CCCCCC(=O)NC(Cc1ccccc1)C(=O)[O-]. The van der Waals surface area contributed by atoms with Crippen molar-refractivity contribution in [3.8, 4) is 0 Å². The Balaban J connectivity index is 2.49. The Morgan fingerprint density at radius 3 is 2.47 bits per heavy atom. The van der Waals surface area contributed by atoms with E-state index in [4.69, 9.17) is 0 Å². The van der Waals surface area contributed by atoms with E-state index in [-0.39, 0.29) is 12.3 Å². The van der Waals surface area contributed by atoms with Crippen molar-refractivity contribution in [2.24, 2.45) is 0 Å². The number of unbranched alkanes of at least 4 members (excludes halogenated alkanes) is 2. The Hall–Kier alpha value is -1.84. The first-order chi connectivity index (χ1) is 9.13. The van der Waals surface area contributed by atoms with Gasteiger partial charge in [-0.1, -0.05) is 50.1 Å². The second-order valence-corrected chi connectivity index (χ2v) is 4.59. The van der Waals surface area contributed by atoms with E-state index in [0.717, 1.165) is 24.8 Å². The van der Waals surface area contributed by atoms with Gasteiger partial charge in [-0.2, -0.15) is 0 Å². The third kappa shape index (κ3) is 6.04. The fraction of sp³-hybridized carbons (Fsp3) is 0.467. The Bertz CT molecular complexity index is 403. The number of carboxylic acids is 1. The average molecular weight is 262 g/mol. The molecule has 1 atom stereocenters. The summed E-state index contributed by atoms with van der Waals surface area (Å²) in [5, 5.41) is 13.6. The second kappa shape index (κ2) is 8.29. The molecule has 0 aliphatic carbocycles. The minimum atomic E-state index is -1.24. The lowest BCUT2D eigenvalue weighted by Crippen LogP contribution is -2.49. The summed E-state index contributed by atoms with van der Waals surface area (Å²) in [6, 6.07) is 8.24. The number of carboxylic acid groups (broad SMARTS) is 1.